The number of hydrogen-bond acceptors (Lipinski definition) is 0. The van der Waals surface area contributed by atoms with Crippen molar-refractivity contribution < 1.29 is 18.9 Å². The van der Waals surface area contributed by atoms with Gasteiger partial charge in [0.2, 0.25) is 0 Å². The van der Waals surface area contributed by atoms with E-state index in [2.05, 4.69) is 6.92 Å². The molecule has 0 nitrogen and oxygen atoms in total. The summed E-state index contributed by atoms with van der Waals surface area (Å²) in [7, 11) is 0. The van der Waals surface area contributed by atoms with E-state index < -0.39 is 0 Å². The van der Waals surface area contributed by atoms with Gasteiger partial charge in [-0.05, 0) is 5.92 Å². The summed E-state index contributed by atoms with van der Waals surface area (Å²) >= 11 is 0. The van der Waals surface area contributed by atoms with Gasteiger partial charge in [-0.2, -0.15) is 0 Å². The molecule has 18 heavy (non-hydrogen) atoms. The van der Waals surface area contributed by atoms with Crippen LogP contribution in [0.15, 0.2) is 0 Å². The smallest absolute Gasteiger partial charge is 0.0629 e. The van der Waals surface area contributed by atoms with E-state index >= 15 is 0 Å². The van der Waals surface area contributed by atoms with E-state index in [4.69, 9.17) is 0 Å². The van der Waals surface area contributed by atoms with E-state index in [1.54, 1.807) is 32.1 Å². The van der Waals surface area contributed by atoms with Gasteiger partial charge in [0.05, 0.1) is 0 Å². The van der Waals surface area contributed by atoms with Gasteiger partial charge in [-0.1, -0.05) is 95.0 Å². The van der Waals surface area contributed by atoms with Crippen molar-refractivity contribution >= 4 is 6.71 Å². The van der Waals surface area contributed by atoms with Gasteiger partial charge in [-0.25, -0.2) is 0 Å². The van der Waals surface area contributed by atoms with Gasteiger partial charge < -0.3 is 0 Å². The molecule has 0 aromatic rings. The summed E-state index contributed by atoms with van der Waals surface area (Å²) in [6, 6.07) is 0. The number of rotatable bonds is 3. The van der Waals surface area contributed by atoms with Gasteiger partial charge in [0, 0.05) is 0 Å². The molecule has 96 valence electrons. The van der Waals surface area contributed by atoms with E-state index in [0.29, 0.717) is 0 Å². The van der Waals surface area contributed by atoms with Crippen molar-refractivity contribution in [2.24, 2.45) is 5.92 Å². The van der Waals surface area contributed by atoms with Gasteiger partial charge in [-0.15, -0.1) is 0 Å². The Balaban J connectivity index is 0.00000120. The maximum absolute atomic E-state index is 2.55. The summed E-state index contributed by atoms with van der Waals surface area (Å²) < 4.78 is 0. The first-order valence-corrected chi connectivity index (χ1v) is 8.36. The van der Waals surface area contributed by atoms with Crippen LogP contribution in [0, 0.1) is 5.92 Å². The molecule has 3 fully saturated rings. The van der Waals surface area contributed by atoms with E-state index in [9.17, 15) is 0 Å². The predicted molar refractivity (Wildman–Crippen MR) is 77.0 cm³/mol. The maximum Gasteiger partial charge on any atom is 1.00 e. The predicted octanol–water partition coefficient (Wildman–Crippen LogP) is 2.56. The van der Waals surface area contributed by atoms with E-state index in [1.807, 2.05) is 0 Å². The molecule has 2 heteroatoms. The van der Waals surface area contributed by atoms with Crippen molar-refractivity contribution in [2.75, 3.05) is 0 Å². The van der Waals surface area contributed by atoms with Crippen LogP contribution >= 0.6 is 0 Å². The minimum absolute atomic E-state index is 0. The molecule has 0 heterocycles. The third-order valence-electron chi connectivity index (χ3n) is 6.31. The fourth-order valence-corrected chi connectivity index (χ4v) is 5.51. The summed E-state index contributed by atoms with van der Waals surface area (Å²) in [5.41, 5.74) is 0. The summed E-state index contributed by atoms with van der Waals surface area (Å²) in [5.74, 6) is 4.41. The van der Waals surface area contributed by atoms with Gasteiger partial charge in [0.25, 0.3) is 0 Å². The summed E-state index contributed by atoms with van der Waals surface area (Å²) in [4.78, 5) is 0. The average Bonchev–Trinajstić information content (AvgIpc) is 3.04. The second-order valence-electron chi connectivity index (χ2n) is 7.24. The molecule has 2 unspecified atom stereocenters. The molecular weight excluding hydrogens is 210 g/mol. The molecule has 0 aromatic carbocycles. The van der Waals surface area contributed by atoms with Gasteiger partial charge in [0.15, 0.2) is 0 Å². The molecule has 0 spiro atoms. The zero-order valence-corrected chi connectivity index (χ0v) is 12.7. The summed E-state index contributed by atoms with van der Waals surface area (Å²) in [6.07, 6.45) is 17.1. The Morgan fingerprint density at radius 1 is 0.667 bits per heavy atom. The fourth-order valence-electron chi connectivity index (χ4n) is 5.51. The Bertz CT molecular complexity index is 227. The standard InChI is InChI=1S/C16H29B.Li/c1-13-7-6-12-16(13)17(14-8-2-3-9-14)15-10-4-5-11-15;/h13-16H,2-12H2,1H3;/q;+1. The van der Waals surface area contributed by atoms with Crippen LogP contribution in [-0.2, 0) is 0 Å². The SMILES string of the molecule is CC1CCCC1B(C1CCCC1)C1CCCC1.[Li+]. The third-order valence-corrected chi connectivity index (χ3v) is 6.31. The van der Waals surface area contributed by atoms with Crippen LogP contribution in [0.4, 0.5) is 0 Å². The fraction of sp³-hybridized carbons (Fsp3) is 1.00. The molecule has 0 aliphatic heterocycles. The molecule has 0 saturated heterocycles. The van der Waals surface area contributed by atoms with Gasteiger partial charge >= 0.3 is 18.9 Å². The van der Waals surface area contributed by atoms with Crippen LogP contribution in [0.5, 0.6) is 0 Å². The molecule has 0 bridgehead atoms. The largest absolute Gasteiger partial charge is 1.00 e. The topological polar surface area (TPSA) is 0 Å². The van der Waals surface area contributed by atoms with E-state index in [-0.39, 0.29) is 18.9 Å². The molecule has 2 atom stereocenters. The van der Waals surface area contributed by atoms with Crippen molar-refractivity contribution in [1.82, 2.24) is 0 Å². The second-order valence-corrected chi connectivity index (χ2v) is 7.24. The van der Waals surface area contributed by atoms with Crippen LogP contribution in [-0.4, -0.2) is 6.71 Å². The van der Waals surface area contributed by atoms with Crippen LogP contribution in [0.25, 0.3) is 0 Å². The Morgan fingerprint density at radius 3 is 1.56 bits per heavy atom. The Kier molecular flexibility index (Phi) is 5.77. The molecule has 3 aliphatic rings. The van der Waals surface area contributed by atoms with Gasteiger partial charge in [-0.3, -0.25) is 0 Å². The van der Waals surface area contributed by atoms with Crippen molar-refractivity contribution in [1.29, 1.82) is 0 Å². The van der Waals surface area contributed by atoms with Crippen LogP contribution in [0.1, 0.15) is 77.6 Å². The average molecular weight is 239 g/mol. The van der Waals surface area contributed by atoms with E-state index in [0.717, 1.165) is 30.1 Å². The summed E-state index contributed by atoms with van der Waals surface area (Å²) in [5, 5.41) is 0. The Hall–Kier alpha value is 0.662. The number of hydrogen-bond donors (Lipinski definition) is 0. The second kappa shape index (κ2) is 6.90. The Morgan fingerprint density at radius 2 is 1.17 bits per heavy atom. The first kappa shape index (κ1) is 15.1. The van der Waals surface area contributed by atoms with Crippen molar-refractivity contribution in [2.45, 2.75) is 95.0 Å². The van der Waals surface area contributed by atoms with E-state index in [1.165, 1.54) is 38.5 Å². The first-order chi connectivity index (χ1) is 8.36. The van der Waals surface area contributed by atoms with Crippen molar-refractivity contribution in [3.8, 4) is 0 Å². The third kappa shape index (κ3) is 3.04. The molecule has 0 radical (unpaired) electrons. The van der Waals surface area contributed by atoms with Crippen LogP contribution in [0.3, 0.4) is 0 Å². The molecule has 3 saturated carbocycles. The molecule has 0 aromatic heterocycles. The van der Waals surface area contributed by atoms with Gasteiger partial charge in [0.1, 0.15) is 6.71 Å². The zero-order valence-electron chi connectivity index (χ0n) is 12.7. The van der Waals surface area contributed by atoms with Crippen molar-refractivity contribution in [3.05, 3.63) is 0 Å². The molecule has 3 rings (SSSR count). The molecule has 3 aliphatic carbocycles. The van der Waals surface area contributed by atoms with Crippen molar-refractivity contribution in [3.63, 3.8) is 0 Å². The molecular formula is C16H29BLi+. The zero-order chi connectivity index (χ0) is 11.7. The minimum atomic E-state index is 0. The maximum atomic E-state index is 2.55. The quantitative estimate of drug-likeness (QED) is 0.664. The van der Waals surface area contributed by atoms with Crippen LogP contribution in [0.2, 0.25) is 17.5 Å². The molecule has 0 amide bonds. The Labute approximate surface area is 126 Å². The molecule has 0 N–H and O–H groups in total. The first-order valence-electron chi connectivity index (χ1n) is 8.36. The minimum Gasteiger partial charge on any atom is -0.0629 e. The summed E-state index contributed by atoms with van der Waals surface area (Å²) in [6.45, 7) is 3.69. The van der Waals surface area contributed by atoms with Crippen LogP contribution < -0.4 is 18.9 Å². The normalized spacial score (nSPS) is 33.8. The monoisotopic (exact) mass is 239 g/mol.